The van der Waals surface area contributed by atoms with E-state index < -0.39 is 0 Å². The predicted octanol–water partition coefficient (Wildman–Crippen LogP) is 0.921. The van der Waals surface area contributed by atoms with E-state index in [1.165, 1.54) is 0 Å². The van der Waals surface area contributed by atoms with Crippen molar-refractivity contribution < 1.29 is 9.47 Å². The Hall–Kier alpha value is -0.120. The van der Waals surface area contributed by atoms with Crippen LogP contribution in [0.2, 0.25) is 0 Å². The molecule has 12 heavy (non-hydrogen) atoms. The zero-order chi connectivity index (χ0) is 8.86. The summed E-state index contributed by atoms with van der Waals surface area (Å²) in [6, 6.07) is 0. The van der Waals surface area contributed by atoms with Crippen molar-refractivity contribution >= 4 is 0 Å². The van der Waals surface area contributed by atoms with E-state index in [9.17, 15) is 0 Å². The highest BCUT2D eigenvalue weighted by Gasteiger charge is 2.27. The van der Waals surface area contributed by atoms with Crippen LogP contribution in [0.15, 0.2) is 0 Å². The van der Waals surface area contributed by atoms with Gasteiger partial charge in [-0.15, -0.1) is 0 Å². The van der Waals surface area contributed by atoms with E-state index in [0.29, 0.717) is 0 Å². The molecule has 3 heteroatoms. The van der Waals surface area contributed by atoms with E-state index in [-0.39, 0.29) is 5.54 Å². The van der Waals surface area contributed by atoms with Gasteiger partial charge < -0.3 is 15.2 Å². The van der Waals surface area contributed by atoms with Crippen LogP contribution in [0.5, 0.6) is 0 Å². The van der Waals surface area contributed by atoms with Crippen molar-refractivity contribution in [2.75, 3.05) is 26.4 Å². The van der Waals surface area contributed by atoms with Crippen LogP contribution in [0.4, 0.5) is 0 Å². The van der Waals surface area contributed by atoms with Gasteiger partial charge in [-0.25, -0.2) is 0 Å². The molecule has 0 aliphatic carbocycles. The maximum Gasteiger partial charge on any atom is 0.0483 e. The monoisotopic (exact) mass is 173 g/mol. The summed E-state index contributed by atoms with van der Waals surface area (Å²) in [5.41, 5.74) is 6.12. The Bertz CT molecular complexity index is 122. The highest BCUT2D eigenvalue weighted by Crippen LogP contribution is 2.21. The van der Waals surface area contributed by atoms with Crippen molar-refractivity contribution in [2.24, 2.45) is 5.73 Å². The topological polar surface area (TPSA) is 44.5 Å². The highest BCUT2D eigenvalue weighted by atomic mass is 16.5. The Morgan fingerprint density at radius 1 is 1.42 bits per heavy atom. The molecule has 72 valence electrons. The molecule has 1 rings (SSSR count). The van der Waals surface area contributed by atoms with E-state index in [1.807, 2.05) is 6.92 Å². The Kier molecular flexibility index (Phi) is 3.98. The van der Waals surface area contributed by atoms with Crippen molar-refractivity contribution in [3.8, 4) is 0 Å². The van der Waals surface area contributed by atoms with Gasteiger partial charge in [0.05, 0.1) is 0 Å². The van der Waals surface area contributed by atoms with Gasteiger partial charge in [-0.1, -0.05) is 0 Å². The smallest absolute Gasteiger partial charge is 0.0483 e. The third-order valence-electron chi connectivity index (χ3n) is 2.44. The minimum Gasteiger partial charge on any atom is -0.382 e. The summed E-state index contributed by atoms with van der Waals surface area (Å²) in [5.74, 6) is 0. The molecule has 0 amide bonds. The third kappa shape index (κ3) is 3.09. The van der Waals surface area contributed by atoms with Gasteiger partial charge in [0.2, 0.25) is 0 Å². The molecule has 1 aliphatic heterocycles. The summed E-state index contributed by atoms with van der Waals surface area (Å²) >= 11 is 0. The van der Waals surface area contributed by atoms with Crippen molar-refractivity contribution in [3.05, 3.63) is 0 Å². The number of rotatable bonds is 4. The van der Waals surface area contributed by atoms with Gasteiger partial charge in [0.15, 0.2) is 0 Å². The Morgan fingerprint density at radius 3 is 2.67 bits per heavy atom. The van der Waals surface area contributed by atoms with E-state index >= 15 is 0 Å². The first-order valence-corrected chi connectivity index (χ1v) is 4.71. The molecular weight excluding hydrogens is 154 g/mol. The molecule has 0 aromatic carbocycles. The third-order valence-corrected chi connectivity index (χ3v) is 2.44. The first-order chi connectivity index (χ1) is 5.77. The molecular formula is C9H19NO2. The minimum atomic E-state index is -0.0204. The second kappa shape index (κ2) is 4.80. The van der Waals surface area contributed by atoms with Crippen LogP contribution in [0.3, 0.4) is 0 Å². The first-order valence-electron chi connectivity index (χ1n) is 4.71. The fraction of sp³-hybridized carbons (Fsp3) is 1.00. The largest absolute Gasteiger partial charge is 0.382 e. The summed E-state index contributed by atoms with van der Waals surface area (Å²) in [4.78, 5) is 0. The van der Waals surface area contributed by atoms with Gasteiger partial charge >= 0.3 is 0 Å². The second-order valence-corrected chi connectivity index (χ2v) is 3.42. The van der Waals surface area contributed by atoms with Crippen molar-refractivity contribution in [1.29, 1.82) is 0 Å². The molecule has 0 radical (unpaired) electrons. The molecule has 0 saturated carbocycles. The average Bonchev–Trinajstić information content (AvgIpc) is 2.06. The van der Waals surface area contributed by atoms with Crippen molar-refractivity contribution in [1.82, 2.24) is 0 Å². The van der Waals surface area contributed by atoms with E-state index in [4.69, 9.17) is 15.2 Å². The summed E-state index contributed by atoms with van der Waals surface area (Å²) < 4.78 is 10.5. The van der Waals surface area contributed by atoms with E-state index in [0.717, 1.165) is 45.7 Å². The standard InChI is InChI=1S/C9H19NO2/c1-2-11-6-3-9(10)4-7-12-8-5-9/h2-8,10H2,1H3. The van der Waals surface area contributed by atoms with Crippen LogP contribution in [-0.4, -0.2) is 32.0 Å². The minimum absolute atomic E-state index is 0.0204. The highest BCUT2D eigenvalue weighted by molar-refractivity contribution is 4.85. The zero-order valence-corrected chi connectivity index (χ0v) is 7.84. The molecule has 0 bridgehead atoms. The molecule has 0 spiro atoms. The number of hydrogen-bond acceptors (Lipinski definition) is 3. The second-order valence-electron chi connectivity index (χ2n) is 3.42. The van der Waals surface area contributed by atoms with Crippen LogP contribution in [0.1, 0.15) is 26.2 Å². The first kappa shape index (κ1) is 9.96. The molecule has 1 fully saturated rings. The Balaban J connectivity index is 2.17. The number of nitrogens with two attached hydrogens (primary N) is 1. The molecule has 2 N–H and O–H groups in total. The predicted molar refractivity (Wildman–Crippen MR) is 48.1 cm³/mol. The fourth-order valence-corrected chi connectivity index (χ4v) is 1.45. The van der Waals surface area contributed by atoms with Crippen LogP contribution >= 0.6 is 0 Å². The number of hydrogen-bond donors (Lipinski definition) is 1. The van der Waals surface area contributed by atoms with Gasteiger partial charge in [-0.2, -0.15) is 0 Å². The molecule has 0 aromatic rings. The lowest BCUT2D eigenvalue weighted by atomic mass is 9.88. The van der Waals surface area contributed by atoms with Crippen LogP contribution in [0, 0.1) is 0 Å². The maximum absolute atomic E-state index is 6.14. The summed E-state index contributed by atoms with van der Waals surface area (Å²) in [6.45, 7) is 5.19. The van der Waals surface area contributed by atoms with Crippen molar-refractivity contribution in [3.63, 3.8) is 0 Å². The fourth-order valence-electron chi connectivity index (χ4n) is 1.45. The Morgan fingerprint density at radius 2 is 2.08 bits per heavy atom. The molecule has 1 aliphatic rings. The van der Waals surface area contributed by atoms with Gasteiger partial charge in [-0.05, 0) is 26.2 Å². The van der Waals surface area contributed by atoms with Crippen molar-refractivity contribution in [2.45, 2.75) is 31.7 Å². The average molecular weight is 173 g/mol. The summed E-state index contributed by atoms with van der Waals surface area (Å²) in [7, 11) is 0. The SMILES string of the molecule is CCOCCC1(N)CCOCC1. The van der Waals surface area contributed by atoms with Crippen LogP contribution < -0.4 is 5.73 Å². The summed E-state index contributed by atoms with van der Waals surface area (Å²) in [5, 5.41) is 0. The molecule has 1 heterocycles. The zero-order valence-electron chi connectivity index (χ0n) is 7.84. The molecule has 0 aromatic heterocycles. The normalized spacial score (nSPS) is 22.5. The van der Waals surface area contributed by atoms with Gasteiger partial charge in [0, 0.05) is 32.0 Å². The maximum atomic E-state index is 6.14. The Labute approximate surface area is 74.2 Å². The lowest BCUT2D eigenvalue weighted by Crippen LogP contribution is -2.45. The van der Waals surface area contributed by atoms with Gasteiger partial charge in [0.25, 0.3) is 0 Å². The van der Waals surface area contributed by atoms with Gasteiger partial charge in [-0.3, -0.25) is 0 Å². The lowest BCUT2D eigenvalue weighted by Gasteiger charge is -2.33. The number of ether oxygens (including phenoxy) is 2. The van der Waals surface area contributed by atoms with E-state index in [1.54, 1.807) is 0 Å². The molecule has 0 unspecified atom stereocenters. The van der Waals surface area contributed by atoms with Gasteiger partial charge in [0.1, 0.15) is 0 Å². The molecule has 1 saturated heterocycles. The molecule has 0 atom stereocenters. The van der Waals surface area contributed by atoms with Crippen LogP contribution in [-0.2, 0) is 9.47 Å². The summed E-state index contributed by atoms with van der Waals surface area (Å²) in [6.07, 6.45) is 2.91. The molecule has 3 nitrogen and oxygen atoms in total. The lowest BCUT2D eigenvalue weighted by molar-refractivity contribution is 0.0352. The van der Waals surface area contributed by atoms with E-state index in [2.05, 4.69) is 0 Å². The van der Waals surface area contributed by atoms with Crippen LogP contribution in [0.25, 0.3) is 0 Å². The quantitative estimate of drug-likeness (QED) is 0.643.